The van der Waals surface area contributed by atoms with Crippen LogP contribution in [0.25, 0.3) is 0 Å². The Morgan fingerprint density at radius 2 is 1.30 bits per heavy atom. The first-order chi connectivity index (χ1) is 13.3. The molecule has 0 bridgehead atoms. The summed E-state index contributed by atoms with van der Waals surface area (Å²) in [7, 11) is 0. The van der Waals surface area contributed by atoms with Gasteiger partial charge < -0.3 is 5.11 Å². The van der Waals surface area contributed by atoms with E-state index in [-0.39, 0.29) is 5.94 Å². The molecule has 0 aliphatic heterocycles. The Bertz CT molecular complexity index is 316. The third-order valence-corrected chi connectivity index (χ3v) is 12.5. The molecule has 0 fully saturated rings. The maximum Gasteiger partial charge on any atom is 0.199 e. The quantitative estimate of drug-likeness (QED) is 0.0815. The molecular formula is C14H28O4S9. The van der Waals surface area contributed by atoms with Gasteiger partial charge in [-0.15, -0.1) is 82.3 Å². The van der Waals surface area contributed by atoms with Crippen LogP contribution in [0.3, 0.4) is 0 Å². The zero-order valence-electron chi connectivity index (χ0n) is 15.3. The fraction of sp³-hybridized carbons (Fsp3) is 0.929. The number of carbonyl (C=O) groups excluding carboxylic acids is 1. The predicted molar refractivity (Wildman–Crippen MR) is 142 cm³/mol. The van der Waals surface area contributed by atoms with E-state index in [1.165, 1.54) is 23.5 Å². The molecule has 0 aliphatic carbocycles. The second kappa shape index (κ2) is 26.7. The Morgan fingerprint density at radius 3 is 1.96 bits per heavy atom. The maximum atomic E-state index is 11.7. The van der Waals surface area contributed by atoms with Crippen LogP contribution in [0.4, 0.5) is 0 Å². The molecule has 0 amide bonds. The van der Waals surface area contributed by atoms with Gasteiger partial charge in [0.1, 0.15) is 0 Å². The second-order valence-electron chi connectivity index (χ2n) is 4.27. The topological polar surface area (TPSA) is 55.8 Å². The van der Waals surface area contributed by atoms with Gasteiger partial charge in [-0.05, 0) is 6.26 Å². The molecule has 0 aromatic heterocycles. The monoisotopic (exact) mass is 548 g/mol. The van der Waals surface area contributed by atoms with Crippen LogP contribution in [0.2, 0.25) is 0 Å². The zero-order valence-corrected chi connectivity index (χ0v) is 22.7. The van der Waals surface area contributed by atoms with Crippen LogP contribution < -0.4 is 0 Å². The highest BCUT2D eigenvalue weighted by Crippen LogP contribution is 2.24. The molecule has 13 heteroatoms. The van der Waals surface area contributed by atoms with Crippen molar-refractivity contribution in [2.75, 3.05) is 73.2 Å². The Labute approximate surface area is 202 Å². The molecule has 0 aromatic rings. The van der Waals surface area contributed by atoms with Crippen molar-refractivity contribution in [1.29, 1.82) is 0 Å². The van der Waals surface area contributed by atoms with Gasteiger partial charge in [-0.1, -0.05) is 11.8 Å². The van der Waals surface area contributed by atoms with Crippen LogP contribution in [0, 0.1) is 0 Å². The molecule has 0 aromatic carbocycles. The molecule has 0 heterocycles. The summed E-state index contributed by atoms with van der Waals surface area (Å²) in [5, 5.41) is 15.0. The molecule has 0 saturated heterocycles. The molecule has 162 valence electrons. The third-order valence-electron chi connectivity index (χ3n) is 2.19. The lowest BCUT2D eigenvalue weighted by atomic mass is 10.9. The molecule has 1 N–H and O–H groups in total. The van der Waals surface area contributed by atoms with Gasteiger partial charge in [-0.2, -0.15) is 11.8 Å². The fourth-order valence-corrected chi connectivity index (χ4v) is 10.2. The van der Waals surface area contributed by atoms with Crippen LogP contribution in [0.15, 0.2) is 0 Å². The Balaban J connectivity index is 3.10. The lowest BCUT2D eigenvalue weighted by Crippen LogP contribution is -2.02. The Hall–Kier alpha value is 2.70. The normalized spacial score (nSPS) is 11.2. The second-order valence-corrected chi connectivity index (χ2v) is 15.5. The van der Waals surface area contributed by atoms with Crippen LogP contribution in [-0.2, 0) is 14.6 Å². The van der Waals surface area contributed by atoms with Gasteiger partial charge in [0.15, 0.2) is 5.12 Å². The van der Waals surface area contributed by atoms with E-state index in [4.69, 9.17) is 14.9 Å². The first-order valence-corrected chi connectivity index (χ1v) is 18.3. The SMILES string of the molecule is CSCSCSCSC(=O)CSCSCSCSCCOOCCSCO. The van der Waals surface area contributed by atoms with E-state index < -0.39 is 0 Å². The molecule has 0 atom stereocenters. The van der Waals surface area contributed by atoms with E-state index >= 15 is 0 Å². The predicted octanol–water partition coefficient (Wildman–Crippen LogP) is 5.38. The average molecular weight is 549 g/mol. The number of aliphatic hydroxyl groups excluding tert-OH is 1. The lowest BCUT2D eigenvalue weighted by molar-refractivity contribution is -0.285. The van der Waals surface area contributed by atoms with E-state index in [0.29, 0.717) is 24.1 Å². The average Bonchev–Trinajstić information content (AvgIpc) is 2.67. The zero-order chi connectivity index (χ0) is 19.8. The number of carbonyl (C=O) groups is 1. The van der Waals surface area contributed by atoms with Crippen molar-refractivity contribution in [2.24, 2.45) is 0 Å². The van der Waals surface area contributed by atoms with E-state index in [0.717, 1.165) is 42.0 Å². The Kier molecular flexibility index (Phi) is 29.4. The van der Waals surface area contributed by atoms with Crippen molar-refractivity contribution in [2.45, 2.75) is 0 Å². The largest absolute Gasteiger partial charge is 0.386 e. The summed E-state index contributed by atoms with van der Waals surface area (Å²) in [5.74, 6) is 2.40. The lowest BCUT2D eigenvalue weighted by Gasteiger charge is -2.04. The first kappa shape index (κ1) is 29.7. The molecule has 0 aliphatic rings. The standard InChI is InChI=1S/C14H28O4S9/c1-19-8-23-11-26-13-27-14(16)6-22-10-25-12-24-9-21-5-3-18-17-2-4-20-7-15/h15H,2-13H2,1H3. The summed E-state index contributed by atoms with van der Waals surface area (Å²) in [4.78, 5) is 21.8. The molecule has 27 heavy (non-hydrogen) atoms. The number of rotatable bonds is 22. The molecule has 0 spiro atoms. The van der Waals surface area contributed by atoms with Gasteiger partial charge in [0, 0.05) is 42.0 Å². The molecule has 0 rings (SSSR count). The smallest absolute Gasteiger partial charge is 0.199 e. The van der Waals surface area contributed by atoms with Crippen molar-refractivity contribution in [1.82, 2.24) is 0 Å². The van der Waals surface area contributed by atoms with Crippen molar-refractivity contribution < 1.29 is 19.7 Å². The van der Waals surface area contributed by atoms with Crippen LogP contribution in [-0.4, -0.2) is 83.4 Å². The number of hydrogen-bond donors (Lipinski definition) is 1. The highest BCUT2D eigenvalue weighted by molar-refractivity contribution is 8.30. The van der Waals surface area contributed by atoms with Gasteiger partial charge in [0.2, 0.25) is 0 Å². The highest BCUT2D eigenvalue weighted by Gasteiger charge is 2.03. The van der Waals surface area contributed by atoms with Gasteiger partial charge in [0.25, 0.3) is 0 Å². The van der Waals surface area contributed by atoms with E-state index in [2.05, 4.69) is 6.26 Å². The highest BCUT2D eigenvalue weighted by atomic mass is 32.3. The van der Waals surface area contributed by atoms with Crippen LogP contribution in [0.5, 0.6) is 0 Å². The molecule has 0 radical (unpaired) electrons. The Morgan fingerprint density at radius 1 is 0.741 bits per heavy atom. The van der Waals surface area contributed by atoms with E-state index in [1.807, 2.05) is 70.6 Å². The van der Waals surface area contributed by atoms with Crippen molar-refractivity contribution in [3.05, 3.63) is 0 Å². The molecular weight excluding hydrogens is 521 g/mol. The number of hydrogen-bond acceptors (Lipinski definition) is 13. The van der Waals surface area contributed by atoms with Crippen molar-refractivity contribution in [3.63, 3.8) is 0 Å². The van der Waals surface area contributed by atoms with Gasteiger partial charge in [-0.3, -0.25) is 4.79 Å². The van der Waals surface area contributed by atoms with Crippen LogP contribution >= 0.6 is 106 Å². The van der Waals surface area contributed by atoms with Crippen molar-refractivity contribution >= 4 is 111 Å². The van der Waals surface area contributed by atoms with E-state index in [1.54, 1.807) is 11.8 Å². The molecule has 0 unspecified atom stereocenters. The van der Waals surface area contributed by atoms with E-state index in [9.17, 15) is 4.79 Å². The summed E-state index contributed by atoms with van der Waals surface area (Å²) in [5.41, 5.74) is 0. The van der Waals surface area contributed by atoms with Crippen LogP contribution in [0.1, 0.15) is 0 Å². The minimum atomic E-state index is 0.124. The van der Waals surface area contributed by atoms with Gasteiger partial charge >= 0.3 is 0 Å². The van der Waals surface area contributed by atoms with Crippen molar-refractivity contribution in [3.8, 4) is 0 Å². The first-order valence-electron chi connectivity index (χ1n) is 7.85. The molecule has 0 saturated carbocycles. The summed E-state index contributed by atoms with van der Waals surface area (Å²) in [6.45, 7) is 1.10. The number of aliphatic hydroxyl groups is 1. The molecule has 4 nitrogen and oxygen atoms in total. The van der Waals surface area contributed by atoms with Gasteiger partial charge in [-0.25, -0.2) is 9.78 Å². The fourth-order valence-electron chi connectivity index (χ4n) is 1.16. The number of thioether (sulfide) groups is 9. The summed E-state index contributed by atoms with van der Waals surface area (Å²) in [6.07, 6.45) is 2.11. The minimum absolute atomic E-state index is 0.124. The summed E-state index contributed by atoms with van der Waals surface area (Å²) >= 11 is 15.8. The third kappa shape index (κ3) is 26.7. The maximum absolute atomic E-state index is 11.7. The summed E-state index contributed by atoms with van der Waals surface area (Å²) < 4.78 is 0. The van der Waals surface area contributed by atoms with Gasteiger partial charge in [0.05, 0.1) is 24.9 Å². The summed E-state index contributed by atoms with van der Waals surface area (Å²) in [6, 6.07) is 0. The minimum Gasteiger partial charge on any atom is -0.386 e.